The third-order valence-electron chi connectivity index (χ3n) is 3.45. The third kappa shape index (κ3) is 4.56. The lowest BCUT2D eigenvalue weighted by Gasteiger charge is -2.26. The number of hydrogen-bond donors (Lipinski definition) is 0. The first kappa shape index (κ1) is 15.5. The molecule has 7 heteroatoms. The van der Waals surface area contributed by atoms with E-state index in [1.807, 2.05) is 6.08 Å². The molecule has 0 saturated heterocycles. The van der Waals surface area contributed by atoms with Gasteiger partial charge in [-0.3, -0.25) is 15.0 Å². The molecule has 4 nitrogen and oxygen atoms in total. The number of halogens is 3. The average molecular weight is 300 g/mol. The fraction of sp³-hybridized carbons (Fsp3) is 0.429. The van der Waals surface area contributed by atoms with Gasteiger partial charge in [-0.15, -0.1) is 0 Å². The Morgan fingerprint density at radius 3 is 2.38 bits per heavy atom. The van der Waals surface area contributed by atoms with Crippen molar-refractivity contribution in [3.05, 3.63) is 46.0 Å². The molecule has 0 saturated carbocycles. The minimum atomic E-state index is -4.12. The highest BCUT2D eigenvalue weighted by atomic mass is 19.4. The highest BCUT2D eigenvalue weighted by Gasteiger charge is 2.28. The Morgan fingerprint density at radius 1 is 1.24 bits per heavy atom. The standard InChI is InChI=1S/C14H15F3N2O2/c15-14(16,17)7-10-18-8-5-12(6-9-18)11-1-3-13(4-2-11)19(20)21/h1-5H,6-10H2. The van der Waals surface area contributed by atoms with E-state index in [2.05, 4.69) is 0 Å². The molecule has 0 aromatic heterocycles. The summed E-state index contributed by atoms with van der Waals surface area (Å²) in [6.45, 7) is 1.05. The van der Waals surface area contributed by atoms with E-state index >= 15 is 0 Å². The van der Waals surface area contributed by atoms with Gasteiger partial charge in [0.15, 0.2) is 0 Å². The Labute approximate surface area is 120 Å². The van der Waals surface area contributed by atoms with Crippen LogP contribution in [0, 0.1) is 10.1 Å². The summed E-state index contributed by atoms with van der Waals surface area (Å²) < 4.78 is 36.5. The van der Waals surface area contributed by atoms with Crippen molar-refractivity contribution in [2.45, 2.75) is 19.0 Å². The topological polar surface area (TPSA) is 46.4 Å². The van der Waals surface area contributed by atoms with Crippen molar-refractivity contribution in [3.63, 3.8) is 0 Å². The summed E-state index contributed by atoms with van der Waals surface area (Å²) in [5, 5.41) is 10.6. The van der Waals surface area contributed by atoms with E-state index in [4.69, 9.17) is 0 Å². The predicted molar refractivity (Wildman–Crippen MR) is 72.8 cm³/mol. The Balaban J connectivity index is 1.94. The average Bonchev–Trinajstić information content (AvgIpc) is 2.45. The molecule has 0 unspecified atom stereocenters. The molecule has 114 valence electrons. The molecular formula is C14H15F3N2O2. The van der Waals surface area contributed by atoms with Gasteiger partial charge in [-0.05, 0) is 29.7 Å². The minimum Gasteiger partial charge on any atom is -0.299 e. The second-order valence-corrected chi connectivity index (χ2v) is 4.95. The monoisotopic (exact) mass is 300 g/mol. The Kier molecular flexibility index (Phi) is 4.62. The van der Waals surface area contributed by atoms with Gasteiger partial charge in [0.25, 0.3) is 5.69 Å². The maximum atomic E-state index is 12.2. The van der Waals surface area contributed by atoms with E-state index < -0.39 is 17.5 Å². The lowest BCUT2D eigenvalue weighted by atomic mass is 9.99. The maximum absolute atomic E-state index is 12.2. The summed E-state index contributed by atoms with van der Waals surface area (Å²) in [6.07, 6.45) is -2.38. The zero-order valence-corrected chi connectivity index (χ0v) is 11.3. The summed E-state index contributed by atoms with van der Waals surface area (Å²) in [4.78, 5) is 11.9. The van der Waals surface area contributed by atoms with E-state index in [0.29, 0.717) is 19.5 Å². The van der Waals surface area contributed by atoms with Crippen LogP contribution in [-0.2, 0) is 0 Å². The normalized spacial score (nSPS) is 16.6. The molecule has 0 fully saturated rings. The molecule has 0 radical (unpaired) electrons. The smallest absolute Gasteiger partial charge is 0.299 e. The quantitative estimate of drug-likeness (QED) is 0.630. The van der Waals surface area contributed by atoms with Gasteiger partial charge < -0.3 is 0 Å². The number of rotatable bonds is 4. The van der Waals surface area contributed by atoms with Crippen LogP contribution in [0.5, 0.6) is 0 Å². The number of benzene rings is 1. The lowest BCUT2D eigenvalue weighted by Crippen LogP contribution is -2.32. The van der Waals surface area contributed by atoms with Crippen LogP contribution in [0.2, 0.25) is 0 Å². The van der Waals surface area contributed by atoms with E-state index in [-0.39, 0.29) is 12.2 Å². The SMILES string of the molecule is O=[N+]([O-])c1ccc(C2=CCN(CCC(F)(F)F)CC2)cc1. The molecule has 0 N–H and O–H groups in total. The van der Waals surface area contributed by atoms with Crippen LogP contribution in [0.4, 0.5) is 18.9 Å². The van der Waals surface area contributed by atoms with Crippen molar-refractivity contribution in [2.75, 3.05) is 19.6 Å². The molecule has 1 heterocycles. The Bertz CT molecular complexity index is 538. The molecule has 0 amide bonds. The number of non-ortho nitro benzene ring substituents is 1. The molecule has 0 spiro atoms. The van der Waals surface area contributed by atoms with Crippen molar-refractivity contribution in [2.24, 2.45) is 0 Å². The van der Waals surface area contributed by atoms with Crippen molar-refractivity contribution < 1.29 is 18.1 Å². The van der Waals surface area contributed by atoms with Gasteiger partial charge in [0.2, 0.25) is 0 Å². The molecule has 1 aromatic rings. The zero-order valence-electron chi connectivity index (χ0n) is 11.3. The molecule has 0 bridgehead atoms. The van der Waals surface area contributed by atoms with Crippen LogP contribution in [0.3, 0.4) is 0 Å². The van der Waals surface area contributed by atoms with E-state index in [0.717, 1.165) is 11.1 Å². The summed E-state index contributed by atoms with van der Waals surface area (Å²) in [7, 11) is 0. The molecular weight excluding hydrogens is 285 g/mol. The predicted octanol–water partition coefficient (Wildman–Crippen LogP) is 3.64. The Hall–Kier alpha value is -1.89. The number of nitro groups is 1. The second-order valence-electron chi connectivity index (χ2n) is 4.95. The number of nitrogens with zero attached hydrogens (tertiary/aromatic N) is 2. The third-order valence-corrected chi connectivity index (χ3v) is 3.45. The van der Waals surface area contributed by atoms with Crippen LogP contribution in [0.15, 0.2) is 30.3 Å². The van der Waals surface area contributed by atoms with Crippen molar-refractivity contribution >= 4 is 11.3 Å². The highest BCUT2D eigenvalue weighted by Crippen LogP contribution is 2.25. The largest absolute Gasteiger partial charge is 0.390 e. The number of nitro benzene ring substituents is 1. The number of alkyl halides is 3. The first-order chi connectivity index (χ1) is 9.85. The summed E-state index contributed by atoms with van der Waals surface area (Å²) in [6, 6.07) is 6.23. The van der Waals surface area contributed by atoms with Crippen molar-refractivity contribution in [1.29, 1.82) is 0 Å². The first-order valence-corrected chi connectivity index (χ1v) is 6.58. The van der Waals surface area contributed by atoms with Crippen molar-refractivity contribution in [1.82, 2.24) is 4.90 Å². The van der Waals surface area contributed by atoms with Gasteiger partial charge in [-0.25, -0.2) is 0 Å². The maximum Gasteiger partial charge on any atom is 0.390 e. The first-order valence-electron chi connectivity index (χ1n) is 6.58. The van der Waals surface area contributed by atoms with E-state index in [1.165, 1.54) is 12.1 Å². The summed E-state index contributed by atoms with van der Waals surface area (Å²) >= 11 is 0. The van der Waals surface area contributed by atoms with E-state index in [1.54, 1.807) is 17.0 Å². The molecule has 1 aliphatic rings. The molecule has 21 heavy (non-hydrogen) atoms. The molecule has 1 aliphatic heterocycles. The fourth-order valence-electron chi connectivity index (χ4n) is 2.26. The van der Waals surface area contributed by atoms with Gasteiger partial charge in [0.1, 0.15) is 0 Å². The molecule has 0 atom stereocenters. The van der Waals surface area contributed by atoms with Crippen LogP contribution < -0.4 is 0 Å². The van der Waals surface area contributed by atoms with E-state index in [9.17, 15) is 23.3 Å². The second kappa shape index (κ2) is 6.26. The fourth-order valence-corrected chi connectivity index (χ4v) is 2.26. The number of hydrogen-bond acceptors (Lipinski definition) is 3. The van der Waals surface area contributed by atoms with Crippen LogP contribution >= 0.6 is 0 Å². The zero-order chi connectivity index (χ0) is 15.5. The summed E-state index contributed by atoms with van der Waals surface area (Å²) in [5.41, 5.74) is 1.94. The molecule has 2 rings (SSSR count). The van der Waals surface area contributed by atoms with Crippen LogP contribution in [0.25, 0.3) is 5.57 Å². The van der Waals surface area contributed by atoms with Gasteiger partial charge in [0, 0.05) is 31.8 Å². The molecule has 1 aromatic carbocycles. The van der Waals surface area contributed by atoms with Crippen molar-refractivity contribution in [3.8, 4) is 0 Å². The van der Waals surface area contributed by atoms with Gasteiger partial charge >= 0.3 is 6.18 Å². The van der Waals surface area contributed by atoms with Gasteiger partial charge in [-0.2, -0.15) is 13.2 Å². The highest BCUT2D eigenvalue weighted by molar-refractivity contribution is 5.67. The molecule has 0 aliphatic carbocycles. The minimum absolute atomic E-state index is 0.00748. The van der Waals surface area contributed by atoms with Gasteiger partial charge in [0.05, 0.1) is 11.3 Å². The Morgan fingerprint density at radius 2 is 1.90 bits per heavy atom. The van der Waals surface area contributed by atoms with Crippen LogP contribution in [0.1, 0.15) is 18.4 Å². The lowest BCUT2D eigenvalue weighted by molar-refractivity contribution is -0.384. The summed E-state index contributed by atoms with van der Waals surface area (Å²) in [5.74, 6) is 0. The van der Waals surface area contributed by atoms with Gasteiger partial charge in [-0.1, -0.05) is 6.08 Å². The van der Waals surface area contributed by atoms with Crippen LogP contribution in [-0.4, -0.2) is 35.6 Å².